The Morgan fingerprint density at radius 2 is 1.96 bits per heavy atom. The van der Waals surface area contributed by atoms with Gasteiger partial charge in [-0.05, 0) is 36.0 Å². The van der Waals surface area contributed by atoms with Crippen molar-refractivity contribution >= 4 is 38.9 Å². The minimum atomic E-state index is -3.92. The van der Waals surface area contributed by atoms with Crippen LogP contribution >= 0.6 is 11.8 Å². The first-order chi connectivity index (χ1) is 12.0. The normalized spacial score (nSPS) is 18.2. The first-order valence-electron chi connectivity index (χ1n) is 7.27. The van der Waals surface area contributed by atoms with E-state index in [0.29, 0.717) is 10.7 Å². The molecule has 1 aromatic carbocycles. The number of carbonyl (C=O) groups excluding carboxylic acids is 1. The van der Waals surface area contributed by atoms with Gasteiger partial charge in [-0.1, -0.05) is 24.3 Å². The van der Waals surface area contributed by atoms with Gasteiger partial charge in [-0.25, -0.2) is 0 Å². The van der Waals surface area contributed by atoms with E-state index in [2.05, 4.69) is 11.0 Å². The van der Waals surface area contributed by atoms with Crippen LogP contribution in [0.25, 0.3) is 6.08 Å². The van der Waals surface area contributed by atoms with Crippen LogP contribution in [0.15, 0.2) is 80.0 Å². The Bertz CT molecular complexity index is 946. The number of sulfonamides is 1. The van der Waals surface area contributed by atoms with Crippen molar-refractivity contribution in [1.29, 1.82) is 0 Å². The van der Waals surface area contributed by atoms with Crippen molar-refractivity contribution in [1.82, 2.24) is 4.90 Å². The Balaban J connectivity index is 1.99. The molecule has 1 aromatic heterocycles. The van der Waals surface area contributed by atoms with Crippen molar-refractivity contribution in [3.63, 3.8) is 0 Å². The van der Waals surface area contributed by atoms with E-state index in [4.69, 9.17) is 4.42 Å². The zero-order chi connectivity index (χ0) is 17.9. The third-order valence-electron chi connectivity index (χ3n) is 3.26. The van der Waals surface area contributed by atoms with E-state index < -0.39 is 10.0 Å². The van der Waals surface area contributed by atoms with Crippen LogP contribution in [0.1, 0.15) is 5.76 Å². The lowest BCUT2D eigenvalue weighted by molar-refractivity contribution is -0.121. The van der Waals surface area contributed by atoms with Crippen molar-refractivity contribution in [2.75, 3.05) is 6.54 Å². The van der Waals surface area contributed by atoms with Crippen LogP contribution in [0.4, 0.5) is 0 Å². The summed E-state index contributed by atoms with van der Waals surface area (Å²) in [7, 11) is -3.92. The number of furan rings is 1. The molecule has 0 aliphatic carbocycles. The summed E-state index contributed by atoms with van der Waals surface area (Å²) in [6.45, 7) is 3.76. The molecule has 25 heavy (non-hydrogen) atoms. The fourth-order valence-corrected chi connectivity index (χ4v) is 4.31. The van der Waals surface area contributed by atoms with Gasteiger partial charge >= 0.3 is 0 Å². The van der Waals surface area contributed by atoms with E-state index in [-0.39, 0.29) is 22.5 Å². The van der Waals surface area contributed by atoms with Gasteiger partial charge in [0.25, 0.3) is 15.9 Å². The quantitative estimate of drug-likeness (QED) is 0.593. The van der Waals surface area contributed by atoms with Gasteiger partial charge in [0.1, 0.15) is 5.76 Å². The minimum Gasteiger partial charge on any atom is -0.465 e. The molecule has 6 nitrogen and oxygen atoms in total. The van der Waals surface area contributed by atoms with Gasteiger partial charge in [0.05, 0.1) is 16.1 Å². The van der Waals surface area contributed by atoms with Crippen LogP contribution in [0.5, 0.6) is 0 Å². The second kappa shape index (κ2) is 7.12. The highest BCUT2D eigenvalue weighted by Crippen LogP contribution is 2.33. The molecule has 3 rings (SSSR count). The summed E-state index contributed by atoms with van der Waals surface area (Å²) in [6, 6.07) is 11.3. The molecular formula is C17H14N2O4S2. The highest BCUT2D eigenvalue weighted by Gasteiger charge is 2.34. The van der Waals surface area contributed by atoms with E-state index in [1.807, 2.05) is 0 Å². The predicted octanol–water partition coefficient (Wildman–Crippen LogP) is 3.13. The van der Waals surface area contributed by atoms with E-state index >= 15 is 0 Å². The van der Waals surface area contributed by atoms with Gasteiger partial charge in [-0.15, -0.1) is 11.0 Å². The Morgan fingerprint density at radius 1 is 1.20 bits per heavy atom. The topological polar surface area (TPSA) is 80.0 Å². The van der Waals surface area contributed by atoms with Gasteiger partial charge in [-0.3, -0.25) is 9.69 Å². The van der Waals surface area contributed by atoms with Crippen LogP contribution in [0.3, 0.4) is 0 Å². The number of hydrogen-bond acceptors (Lipinski definition) is 5. The monoisotopic (exact) mass is 374 g/mol. The zero-order valence-electron chi connectivity index (χ0n) is 13.0. The molecule has 0 spiro atoms. The van der Waals surface area contributed by atoms with E-state index in [9.17, 15) is 13.2 Å². The van der Waals surface area contributed by atoms with Gasteiger partial charge in [-0.2, -0.15) is 8.42 Å². The molecule has 0 N–H and O–H groups in total. The SMILES string of the molecule is C=CCN1C(=O)/C(=C/c2ccco2)SC1=NS(=O)(=O)c1ccccc1. The third kappa shape index (κ3) is 3.75. The molecule has 0 saturated carbocycles. The summed E-state index contributed by atoms with van der Waals surface area (Å²) >= 11 is 0.987. The average molecular weight is 374 g/mol. The molecular weight excluding hydrogens is 360 g/mol. The average Bonchev–Trinajstić information content (AvgIpc) is 3.20. The maximum Gasteiger partial charge on any atom is 0.284 e. The Labute approximate surface area is 149 Å². The summed E-state index contributed by atoms with van der Waals surface area (Å²) in [5, 5.41) is 0.0894. The van der Waals surface area contributed by atoms with E-state index in [1.54, 1.807) is 36.4 Å². The van der Waals surface area contributed by atoms with Gasteiger partial charge in [0.15, 0.2) is 5.17 Å². The van der Waals surface area contributed by atoms with E-state index in [0.717, 1.165) is 11.8 Å². The van der Waals surface area contributed by atoms with Crippen LogP contribution < -0.4 is 0 Å². The Kier molecular flexibility index (Phi) is 4.91. The molecule has 1 aliphatic heterocycles. The van der Waals surface area contributed by atoms with Crippen LogP contribution in [0, 0.1) is 0 Å². The lowest BCUT2D eigenvalue weighted by atomic mass is 10.3. The number of hydrogen-bond donors (Lipinski definition) is 0. The van der Waals surface area contributed by atoms with Crippen molar-refractivity contribution in [3.05, 3.63) is 72.0 Å². The number of amides is 1. The Hall–Kier alpha value is -2.58. The number of benzene rings is 1. The lowest BCUT2D eigenvalue weighted by Gasteiger charge is -2.12. The zero-order valence-corrected chi connectivity index (χ0v) is 14.7. The van der Waals surface area contributed by atoms with Crippen molar-refractivity contribution in [2.24, 2.45) is 4.40 Å². The molecule has 0 bridgehead atoms. The first kappa shape index (κ1) is 17.2. The third-order valence-corrected chi connectivity index (χ3v) is 5.66. The number of nitrogens with zero attached hydrogens (tertiary/aromatic N) is 2. The largest absolute Gasteiger partial charge is 0.465 e. The number of carbonyl (C=O) groups is 1. The van der Waals surface area contributed by atoms with Crippen LogP contribution in [-0.4, -0.2) is 30.9 Å². The fourth-order valence-electron chi connectivity index (χ4n) is 2.12. The fraction of sp³-hybridized carbons (Fsp3) is 0.0588. The molecule has 0 radical (unpaired) electrons. The van der Waals surface area contributed by atoms with Crippen molar-refractivity contribution in [3.8, 4) is 0 Å². The van der Waals surface area contributed by atoms with Crippen molar-refractivity contribution < 1.29 is 17.6 Å². The summed E-state index contributed by atoms with van der Waals surface area (Å²) in [4.78, 5) is 14.2. The predicted molar refractivity (Wildman–Crippen MR) is 97.2 cm³/mol. The smallest absolute Gasteiger partial charge is 0.284 e. The molecule has 1 saturated heterocycles. The maximum absolute atomic E-state index is 12.5. The van der Waals surface area contributed by atoms with Gasteiger partial charge in [0.2, 0.25) is 0 Å². The molecule has 128 valence electrons. The molecule has 8 heteroatoms. The van der Waals surface area contributed by atoms with Crippen LogP contribution in [-0.2, 0) is 14.8 Å². The lowest BCUT2D eigenvalue weighted by Crippen LogP contribution is -2.29. The first-order valence-corrected chi connectivity index (χ1v) is 9.53. The number of rotatable bonds is 5. The molecule has 1 amide bonds. The van der Waals surface area contributed by atoms with Gasteiger partial charge in [0, 0.05) is 12.6 Å². The van der Waals surface area contributed by atoms with Gasteiger partial charge < -0.3 is 4.42 Å². The maximum atomic E-state index is 12.5. The second-order valence-electron chi connectivity index (χ2n) is 4.99. The molecule has 2 aromatic rings. The highest BCUT2D eigenvalue weighted by molar-refractivity contribution is 8.19. The highest BCUT2D eigenvalue weighted by atomic mass is 32.2. The standard InChI is InChI=1S/C17H14N2O4S2/c1-2-10-19-16(20)15(12-13-7-6-11-23-13)24-17(19)18-25(21,22)14-8-4-3-5-9-14/h2-9,11-12H,1,10H2/b15-12-,18-17?. The Morgan fingerprint density at radius 3 is 2.60 bits per heavy atom. The molecule has 0 unspecified atom stereocenters. The molecule has 0 atom stereocenters. The summed E-state index contributed by atoms with van der Waals surface area (Å²) in [6.07, 6.45) is 4.56. The van der Waals surface area contributed by atoms with Crippen molar-refractivity contribution in [2.45, 2.75) is 4.90 Å². The minimum absolute atomic E-state index is 0.0672. The summed E-state index contributed by atoms with van der Waals surface area (Å²) in [5.74, 6) is 0.157. The number of amidine groups is 1. The molecule has 1 fully saturated rings. The molecule has 2 heterocycles. The van der Waals surface area contributed by atoms with E-state index in [1.165, 1.54) is 29.4 Å². The number of thioether (sulfide) groups is 1. The second-order valence-corrected chi connectivity index (χ2v) is 7.61. The van der Waals surface area contributed by atoms with Crippen LogP contribution in [0.2, 0.25) is 0 Å². The summed E-state index contributed by atoms with van der Waals surface area (Å²) in [5.41, 5.74) is 0. The molecule has 1 aliphatic rings. The summed E-state index contributed by atoms with van der Waals surface area (Å²) < 4.78 is 34.0.